The zero-order chi connectivity index (χ0) is 39.6. The Kier molecular flexibility index (Phi) is 8.07. The molecule has 1 atom stereocenters. The Balaban J connectivity index is 1.16. The number of hydrogen-bond acceptors (Lipinski definition) is 4. The first-order chi connectivity index (χ1) is 29.8. The van der Waals surface area contributed by atoms with Gasteiger partial charge in [-0.25, -0.2) is 9.97 Å². The van der Waals surface area contributed by atoms with Crippen molar-refractivity contribution in [2.45, 2.75) is 21.2 Å². The smallest absolute Gasteiger partial charge is 0.161 e. The fraction of sp³-hybridized carbons (Fsp3) is 0.0357. The van der Waals surface area contributed by atoms with Gasteiger partial charge in [0.1, 0.15) is 0 Å². The lowest BCUT2D eigenvalue weighted by Crippen LogP contribution is -2.31. The lowest BCUT2D eigenvalue weighted by molar-refractivity contribution is 0.721. The predicted molar refractivity (Wildman–Crippen MR) is 246 cm³/mol. The van der Waals surface area contributed by atoms with Crippen molar-refractivity contribution in [1.82, 2.24) is 15.3 Å². The lowest BCUT2D eigenvalue weighted by atomic mass is 9.67. The van der Waals surface area contributed by atoms with Crippen molar-refractivity contribution >= 4 is 17.8 Å². The number of rotatable bonds is 5. The van der Waals surface area contributed by atoms with Crippen molar-refractivity contribution in [1.29, 1.82) is 0 Å². The molecule has 1 aliphatic carbocycles. The number of nitrogens with one attached hydrogen (secondary N) is 1. The summed E-state index contributed by atoms with van der Waals surface area (Å²) in [5, 5.41) is 3.68. The second kappa shape index (κ2) is 13.9. The zero-order valence-corrected chi connectivity index (χ0v) is 33.4. The average Bonchev–Trinajstić information content (AvgIpc) is 3.63. The highest BCUT2D eigenvalue weighted by molar-refractivity contribution is 7.99. The van der Waals surface area contributed by atoms with Crippen molar-refractivity contribution < 1.29 is 0 Å². The Morgan fingerprint density at radius 2 is 0.983 bits per heavy atom. The molecule has 0 bridgehead atoms. The molecule has 2 aliphatic heterocycles. The van der Waals surface area contributed by atoms with Crippen LogP contribution in [0.5, 0.6) is 0 Å². The number of benzene rings is 8. The fourth-order valence-electron chi connectivity index (χ4n) is 9.91. The third-order valence-corrected chi connectivity index (χ3v) is 13.6. The maximum absolute atomic E-state index is 5.44. The number of aromatic nitrogens is 2. The van der Waals surface area contributed by atoms with Crippen LogP contribution in [0, 0.1) is 0 Å². The molecule has 1 spiro atoms. The second-order valence-electron chi connectivity index (χ2n) is 15.7. The van der Waals surface area contributed by atoms with E-state index in [-0.39, 0.29) is 6.04 Å². The van der Waals surface area contributed by atoms with Gasteiger partial charge in [0.05, 0.1) is 22.8 Å². The third kappa shape index (κ3) is 5.31. The molecule has 0 saturated carbocycles. The molecule has 0 fully saturated rings. The SMILES string of the molecule is C1=Cc2ccccc2C(c2cccc(-c3cccc4c3-c3c(-c5nc(-c6ccccc6)cc(-c6ccccc6)n5)cccc3C43c4ccccc4Sc4ccccc43)c2)N1. The molecular formula is C56H37N3S. The van der Waals surface area contributed by atoms with E-state index >= 15 is 0 Å². The van der Waals surface area contributed by atoms with Gasteiger partial charge in [0.15, 0.2) is 5.82 Å². The Bertz CT molecular complexity index is 3070. The van der Waals surface area contributed by atoms with Crippen molar-refractivity contribution in [2.24, 2.45) is 0 Å². The molecule has 12 rings (SSSR count). The quantitative estimate of drug-likeness (QED) is 0.189. The monoisotopic (exact) mass is 783 g/mol. The van der Waals surface area contributed by atoms with Crippen molar-refractivity contribution in [3.05, 3.63) is 245 Å². The summed E-state index contributed by atoms with van der Waals surface area (Å²) >= 11 is 1.87. The Morgan fingerprint density at radius 1 is 0.450 bits per heavy atom. The minimum atomic E-state index is -0.569. The van der Waals surface area contributed by atoms with Gasteiger partial charge in [0.25, 0.3) is 0 Å². The summed E-state index contributed by atoms with van der Waals surface area (Å²) in [6, 6.07) is 72.7. The molecule has 3 nitrogen and oxygen atoms in total. The first-order valence-electron chi connectivity index (χ1n) is 20.5. The zero-order valence-electron chi connectivity index (χ0n) is 32.6. The maximum Gasteiger partial charge on any atom is 0.161 e. The minimum Gasteiger partial charge on any atom is -0.380 e. The molecule has 0 amide bonds. The molecule has 3 heterocycles. The second-order valence-corrected chi connectivity index (χ2v) is 16.8. The fourth-order valence-corrected chi connectivity index (χ4v) is 11.1. The van der Waals surface area contributed by atoms with Crippen LogP contribution in [0.1, 0.15) is 45.0 Å². The van der Waals surface area contributed by atoms with E-state index in [1.807, 2.05) is 11.8 Å². The molecule has 0 radical (unpaired) electrons. The largest absolute Gasteiger partial charge is 0.380 e. The highest BCUT2D eigenvalue weighted by Gasteiger charge is 2.51. The van der Waals surface area contributed by atoms with E-state index in [0.29, 0.717) is 5.82 Å². The van der Waals surface area contributed by atoms with Crippen LogP contribution < -0.4 is 5.32 Å². The van der Waals surface area contributed by atoms with Gasteiger partial charge in [-0.2, -0.15) is 0 Å². The Hall–Kier alpha value is -7.27. The van der Waals surface area contributed by atoms with Crippen LogP contribution in [0.2, 0.25) is 0 Å². The van der Waals surface area contributed by atoms with Crippen LogP contribution in [0.4, 0.5) is 0 Å². The molecule has 0 saturated heterocycles. The maximum atomic E-state index is 5.44. The molecule has 8 aromatic carbocycles. The summed E-state index contributed by atoms with van der Waals surface area (Å²) in [6.07, 6.45) is 4.24. The summed E-state index contributed by atoms with van der Waals surface area (Å²) in [5.41, 5.74) is 18.0. The van der Waals surface area contributed by atoms with Gasteiger partial charge in [-0.15, -0.1) is 0 Å². The van der Waals surface area contributed by atoms with Crippen molar-refractivity contribution in [3.8, 4) is 56.2 Å². The first kappa shape index (κ1) is 34.7. The van der Waals surface area contributed by atoms with E-state index < -0.39 is 5.41 Å². The number of nitrogens with zero attached hydrogens (tertiary/aromatic N) is 2. The normalized spacial score (nSPS) is 15.0. The van der Waals surface area contributed by atoms with E-state index in [1.165, 1.54) is 71.0 Å². The van der Waals surface area contributed by atoms with Crippen molar-refractivity contribution in [2.75, 3.05) is 0 Å². The van der Waals surface area contributed by atoms with Crippen molar-refractivity contribution in [3.63, 3.8) is 0 Å². The van der Waals surface area contributed by atoms with E-state index in [0.717, 1.165) is 28.1 Å². The standard InChI is InChI=1S/C56H37N3S/c1-3-17-37(18-4-1)48-35-49(38-19-5-2-6-20-38)59-55(58-48)43-25-15-29-47-53(43)52-41(39-21-13-22-40(34-39)54-42-23-8-7-16-36(42)32-33-57-54)24-14-28-46(52)56(47)44-26-9-11-30-50(44)60-51-31-12-10-27-45(51)56/h1-35,54,57H. The average molecular weight is 784 g/mol. The summed E-state index contributed by atoms with van der Waals surface area (Å²) in [6.45, 7) is 0. The van der Waals surface area contributed by atoms with Crippen LogP contribution in [0.3, 0.4) is 0 Å². The molecule has 1 aromatic heterocycles. The molecule has 1 N–H and O–H groups in total. The first-order valence-corrected chi connectivity index (χ1v) is 21.3. The summed E-state index contributed by atoms with van der Waals surface area (Å²) < 4.78 is 0. The molecule has 3 aliphatic rings. The van der Waals surface area contributed by atoms with Crippen LogP contribution >= 0.6 is 11.8 Å². The molecule has 1 unspecified atom stereocenters. The summed E-state index contributed by atoms with van der Waals surface area (Å²) in [4.78, 5) is 13.4. The minimum absolute atomic E-state index is 0.0387. The summed E-state index contributed by atoms with van der Waals surface area (Å²) in [7, 11) is 0. The van der Waals surface area contributed by atoms with Gasteiger partial charge in [0, 0.05) is 26.5 Å². The molecule has 282 valence electrons. The van der Waals surface area contributed by atoms with Gasteiger partial charge >= 0.3 is 0 Å². The van der Waals surface area contributed by atoms with Crippen LogP contribution in [0.15, 0.2) is 216 Å². The third-order valence-electron chi connectivity index (χ3n) is 12.5. The van der Waals surface area contributed by atoms with Gasteiger partial charge in [0.2, 0.25) is 0 Å². The van der Waals surface area contributed by atoms with E-state index in [9.17, 15) is 0 Å². The van der Waals surface area contributed by atoms with E-state index in [2.05, 4.69) is 218 Å². The predicted octanol–water partition coefficient (Wildman–Crippen LogP) is 13.6. The Labute approximate surface area is 354 Å². The number of fused-ring (bicyclic) bond motifs is 10. The van der Waals surface area contributed by atoms with Gasteiger partial charge in [-0.1, -0.05) is 188 Å². The summed E-state index contributed by atoms with van der Waals surface area (Å²) in [5.74, 6) is 0.708. The molecular weight excluding hydrogens is 747 g/mol. The van der Waals surface area contributed by atoms with Crippen LogP contribution in [0.25, 0.3) is 62.2 Å². The van der Waals surface area contributed by atoms with Crippen LogP contribution in [-0.2, 0) is 5.41 Å². The van der Waals surface area contributed by atoms with Crippen LogP contribution in [-0.4, -0.2) is 9.97 Å². The molecule has 9 aromatic rings. The lowest BCUT2D eigenvalue weighted by Gasteiger charge is -2.39. The van der Waals surface area contributed by atoms with Gasteiger partial charge < -0.3 is 5.32 Å². The van der Waals surface area contributed by atoms with E-state index in [4.69, 9.17) is 9.97 Å². The van der Waals surface area contributed by atoms with Gasteiger partial charge in [-0.3, -0.25) is 0 Å². The topological polar surface area (TPSA) is 37.8 Å². The Morgan fingerprint density at radius 3 is 1.67 bits per heavy atom. The highest BCUT2D eigenvalue weighted by Crippen LogP contribution is 2.64. The number of hydrogen-bond donors (Lipinski definition) is 1. The molecule has 4 heteroatoms. The van der Waals surface area contributed by atoms with Gasteiger partial charge in [-0.05, 0) is 97.7 Å². The van der Waals surface area contributed by atoms with E-state index in [1.54, 1.807) is 0 Å². The highest BCUT2D eigenvalue weighted by atomic mass is 32.2. The molecule has 60 heavy (non-hydrogen) atoms.